The van der Waals surface area contributed by atoms with E-state index in [0.717, 1.165) is 76.7 Å². The van der Waals surface area contributed by atoms with Gasteiger partial charge in [0.15, 0.2) is 5.75 Å². The first-order valence-corrected chi connectivity index (χ1v) is 16.6. The zero-order valence-electron chi connectivity index (χ0n) is 25.6. The molecule has 8 bridgehead atoms. The third kappa shape index (κ3) is 4.94. The van der Waals surface area contributed by atoms with Crippen molar-refractivity contribution in [1.29, 1.82) is 0 Å². The van der Waals surface area contributed by atoms with Crippen molar-refractivity contribution in [3.05, 3.63) is 155 Å². The Morgan fingerprint density at radius 3 is 1.52 bits per heavy atom. The second-order valence-electron chi connectivity index (χ2n) is 11.7. The number of aromatic amines is 2. The van der Waals surface area contributed by atoms with Gasteiger partial charge in [0.2, 0.25) is 0 Å². The van der Waals surface area contributed by atoms with E-state index in [2.05, 4.69) is 129 Å². The Balaban J connectivity index is 1.41. The predicted molar refractivity (Wildman–Crippen MR) is 201 cm³/mol. The molecule has 9 rings (SSSR count). The molecule has 2 aliphatic heterocycles. The van der Waals surface area contributed by atoms with E-state index in [-0.39, 0.29) is 0 Å². The van der Waals surface area contributed by atoms with Gasteiger partial charge in [-0.3, -0.25) is 0 Å². The van der Waals surface area contributed by atoms with Gasteiger partial charge < -0.3 is 14.7 Å². The number of H-pyrrole nitrogens is 2. The average Bonchev–Trinajstić information content (AvgIpc) is 3.97. The van der Waals surface area contributed by atoms with Gasteiger partial charge in [0.1, 0.15) is 17.1 Å². The molecule has 0 atom stereocenters. The lowest BCUT2D eigenvalue weighted by atomic mass is 10.0. The van der Waals surface area contributed by atoms with Gasteiger partial charge in [-0.05, 0) is 87.1 Å². The number of ether oxygens (including phenoxy) is 1. The summed E-state index contributed by atoms with van der Waals surface area (Å²) in [5, 5.41) is 2.12. The number of aromatic nitrogens is 4. The minimum atomic E-state index is 0.589. The van der Waals surface area contributed by atoms with Crippen LogP contribution in [0.4, 0.5) is 0 Å². The van der Waals surface area contributed by atoms with Crippen LogP contribution < -0.4 is 4.74 Å². The van der Waals surface area contributed by atoms with Crippen molar-refractivity contribution in [1.82, 2.24) is 19.9 Å². The summed E-state index contributed by atoms with van der Waals surface area (Å²) in [4.78, 5) is 17.8. The van der Waals surface area contributed by atoms with Crippen molar-refractivity contribution in [3.63, 3.8) is 0 Å². The summed E-state index contributed by atoms with van der Waals surface area (Å²) in [7, 11) is 0. The Bertz CT molecular complexity index is 2460. The van der Waals surface area contributed by atoms with Gasteiger partial charge in [-0.1, -0.05) is 97.1 Å². The van der Waals surface area contributed by atoms with Crippen LogP contribution in [0.25, 0.3) is 79.4 Å². The Morgan fingerprint density at radius 1 is 0.458 bits per heavy atom. The lowest BCUT2D eigenvalue weighted by Gasteiger charge is -2.11. The third-order valence-electron chi connectivity index (χ3n) is 8.73. The monoisotopic (exact) mass is 682 g/mol. The Labute approximate surface area is 285 Å². The summed E-state index contributed by atoms with van der Waals surface area (Å²) in [6, 6.07) is 43.5. The van der Waals surface area contributed by atoms with Crippen LogP contribution in [0.1, 0.15) is 22.8 Å². The Hall–Kier alpha value is -5.98. The largest absolute Gasteiger partial charge is 0.452 e. The van der Waals surface area contributed by atoms with Crippen LogP contribution in [0, 0.1) is 0 Å². The predicted octanol–water partition coefficient (Wildman–Crippen LogP) is 11.7. The van der Waals surface area contributed by atoms with E-state index in [0.29, 0.717) is 17.1 Å². The van der Waals surface area contributed by atoms with Gasteiger partial charge in [0, 0.05) is 27.5 Å². The molecule has 48 heavy (non-hydrogen) atoms. The first kappa shape index (κ1) is 28.3. The number of hydrogen-bond acceptors (Lipinski definition) is 3. The van der Waals surface area contributed by atoms with E-state index in [4.69, 9.17) is 14.7 Å². The summed E-state index contributed by atoms with van der Waals surface area (Å²) in [5.41, 5.74) is 11.0. The maximum atomic E-state index is 6.87. The molecule has 2 aliphatic rings. The number of fused-ring (bicyclic) bond motifs is 9. The highest BCUT2D eigenvalue weighted by Crippen LogP contribution is 2.39. The van der Waals surface area contributed by atoms with Crippen LogP contribution in [0.15, 0.2) is 132 Å². The summed E-state index contributed by atoms with van der Waals surface area (Å²) in [5.74, 6) is 1.33. The van der Waals surface area contributed by atoms with Crippen LogP contribution >= 0.6 is 15.9 Å². The minimum absolute atomic E-state index is 0.589. The van der Waals surface area contributed by atoms with Gasteiger partial charge in [-0.2, -0.15) is 0 Å². The van der Waals surface area contributed by atoms with Gasteiger partial charge in [0.25, 0.3) is 0 Å². The lowest BCUT2D eigenvalue weighted by Crippen LogP contribution is -1.93. The topological polar surface area (TPSA) is 66.6 Å². The van der Waals surface area contributed by atoms with Gasteiger partial charge >= 0.3 is 0 Å². The fourth-order valence-corrected chi connectivity index (χ4v) is 6.92. The van der Waals surface area contributed by atoms with E-state index < -0.39 is 0 Å². The quantitative estimate of drug-likeness (QED) is 0.194. The first-order valence-electron chi connectivity index (χ1n) is 15.8. The molecule has 7 aromatic rings. The molecule has 0 amide bonds. The van der Waals surface area contributed by atoms with Crippen LogP contribution in [0.5, 0.6) is 11.5 Å². The molecule has 0 radical (unpaired) electrons. The zero-order chi connectivity index (χ0) is 32.0. The standard InChI is InChI=1S/C42H27BrN4O/c43-41-34-22-18-30(44-34)39(27-11-3-1-4-12-27)32-20-24-36(46-32)42(48-38-17-9-15-26-10-7-8-16-29(26)38)37-25-21-33(47-37)40(28-13-5-2-6-14-28)31-19-23-35(41)45-31/h1-25,44-45H. The van der Waals surface area contributed by atoms with Gasteiger partial charge in [-0.25, -0.2) is 9.97 Å². The number of rotatable bonds is 4. The smallest absolute Gasteiger partial charge is 0.178 e. The molecule has 228 valence electrons. The normalized spacial score (nSPS) is 12.1. The third-order valence-corrected chi connectivity index (χ3v) is 9.58. The lowest BCUT2D eigenvalue weighted by molar-refractivity contribution is 0.482. The Kier molecular flexibility index (Phi) is 6.87. The summed E-state index contributed by atoms with van der Waals surface area (Å²) >= 11 is 3.89. The summed E-state index contributed by atoms with van der Waals surface area (Å²) < 4.78 is 7.80. The number of nitrogens with zero attached hydrogens (tertiary/aromatic N) is 2. The molecule has 2 N–H and O–H groups in total. The van der Waals surface area contributed by atoms with Crippen molar-refractivity contribution < 1.29 is 4.74 Å². The second kappa shape index (κ2) is 11.7. The maximum absolute atomic E-state index is 6.87. The maximum Gasteiger partial charge on any atom is 0.178 e. The molecule has 0 aliphatic carbocycles. The van der Waals surface area contributed by atoms with Crippen molar-refractivity contribution >= 4 is 73.1 Å². The van der Waals surface area contributed by atoms with E-state index in [1.807, 2.05) is 48.6 Å². The highest BCUT2D eigenvalue weighted by Gasteiger charge is 2.20. The van der Waals surface area contributed by atoms with Crippen LogP contribution in [-0.2, 0) is 0 Å². The summed E-state index contributed by atoms with van der Waals surface area (Å²) in [6.07, 6.45) is 8.17. The molecule has 3 aromatic heterocycles. The fraction of sp³-hybridized carbons (Fsp3) is 0. The van der Waals surface area contributed by atoms with Crippen LogP contribution in [-0.4, -0.2) is 19.9 Å². The minimum Gasteiger partial charge on any atom is -0.452 e. The van der Waals surface area contributed by atoms with E-state index in [1.54, 1.807) is 0 Å². The number of halogens is 1. The highest BCUT2D eigenvalue weighted by molar-refractivity contribution is 9.10. The zero-order valence-corrected chi connectivity index (χ0v) is 27.2. The molecular formula is C42H27BrN4O. The number of benzene rings is 4. The van der Waals surface area contributed by atoms with Crippen molar-refractivity contribution in [2.24, 2.45) is 0 Å². The van der Waals surface area contributed by atoms with Crippen molar-refractivity contribution in [2.75, 3.05) is 0 Å². The molecule has 5 heterocycles. The molecule has 0 fully saturated rings. The van der Waals surface area contributed by atoms with Crippen LogP contribution in [0.2, 0.25) is 0 Å². The van der Waals surface area contributed by atoms with Crippen LogP contribution in [0.3, 0.4) is 0 Å². The fourth-order valence-electron chi connectivity index (χ4n) is 6.46. The molecule has 4 aromatic carbocycles. The molecule has 0 spiro atoms. The molecule has 0 saturated heterocycles. The molecule has 0 unspecified atom stereocenters. The van der Waals surface area contributed by atoms with E-state index in [1.165, 1.54) is 0 Å². The number of nitrogens with one attached hydrogen (secondary N) is 2. The second-order valence-corrected chi connectivity index (χ2v) is 12.5. The molecular weight excluding hydrogens is 656 g/mol. The van der Waals surface area contributed by atoms with Crippen molar-refractivity contribution in [3.8, 4) is 33.8 Å². The van der Waals surface area contributed by atoms with E-state index >= 15 is 0 Å². The summed E-state index contributed by atoms with van der Waals surface area (Å²) in [6.45, 7) is 0. The van der Waals surface area contributed by atoms with E-state index in [9.17, 15) is 0 Å². The number of hydrogen-bond donors (Lipinski definition) is 2. The highest BCUT2D eigenvalue weighted by atomic mass is 79.9. The first-order chi connectivity index (χ1) is 23.7. The Morgan fingerprint density at radius 2 is 0.938 bits per heavy atom. The molecule has 0 saturated carbocycles. The van der Waals surface area contributed by atoms with Gasteiger partial charge in [0.05, 0.1) is 26.9 Å². The molecule has 6 heteroatoms. The van der Waals surface area contributed by atoms with Crippen molar-refractivity contribution in [2.45, 2.75) is 0 Å². The van der Waals surface area contributed by atoms with Gasteiger partial charge in [-0.15, -0.1) is 0 Å². The SMILES string of the molecule is Brc1c2ccc([nH]2)c(-c2ccccc2)c2nc(c(Oc3cccc4ccccc34)c3nc(c(-c4ccccc4)c4ccc1[nH]4)C=C3)C=C2. The average molecular weight is 684 g/mol. The molecule has 5 nitrogen and oxygen atoms in total.